The van der Waals surface area contributed by atoms with Crippen molar-refractivity contribution >= 4 is 11.7 Å². The highest BCUT2D eigenvalue weighted by atomic mass is 16.2. The number of aliphatic hydroxyl groups is 1. The molecule has 1 aromatic heterocycles. The zero-order chi connectivity index (χ0) is 14.4. The van der Waals surface area contributed by atoms with Crippen LogP contribution in [0.2, 0.25) is 0 Å². The maximum Gasteiger partial charge on any atom is 0.258 e. The first-order chi connectivity index (χ1) is 9.70. The van der Waals surface area contributed by atoms with E-state index in [2.05, 4.69) is 22.1 Å². The van der Waals surface area contributed by atoms with Crippen molar-refractivity contribution in [3.8, 4) is 11.8 Å². The van der Waals surface area contributed by atoms with Crippen LogP contribution in [-0.4, -0.2) is 22.6 Å². The largest absolute Gasteiger partial charge is 0.384 e. The van der Waals surface area contributed by atoms with Crippen molar-refractivity contribution in [1.29, 1.82) is 0 Å². The Hall–Kier alpha value is -2.64. The van der Waals surface area contributed by atoms with Gasteiger partial charge >= 0.3 is 0 Å². The molecule has 4 heteroatoms. The SMILES string of the molecule is Cc1ccc(C#CCO)c(C(=O)Nc2ccccn2)c1. The first-order valence-corrected chi connectivity index (χ1v) is 6.13. The van der Waals surface area contributed by atoms with Gasteiger partial charge in [0.2, 0.25) is 0 Å². The van der Waals surface area contributed by atoms with Gasteiger partial charge in [0.15, 0.2) is 0 Å². The normalized spacial score (nSPS) is 9.50. The molecule has 0 aliphatic rings. The molecule has 0 spiro atoms. The number of benzene rings is 1. The van der Waals surface area contributed by atoms with E-state index in [9.17, 15) is 4.79 Å². The van der Waals surface area contributed by atoms with Gasteiger partial charge in [-0.15, -0.1) is 0 Å². The van der Waals surface area contributed by atoms with Gasteiger partial charge in [-0.05, 0) is 31.2 Å². The van der Waals surface area contributed by atoms with E-state index < -0.39 is 0 Å². The van der Waals surface area contributed by atoms with Crippen LogP contribution in [-0.2, 0) is 0 Å². The molecule has 1 amide bonds. The van der Waals surface area contributed by atoms with E-state index >= 15 is 0 Å². The molecule has 1 aromatic carbocycles. The Bertz CT molecular complexity index is 670. The molecule has 100 valence electrons. The molecule has 0 radical (unpaired) electrons. The van der Waals surface area contributed by atoms with Crippen LogP contribution in [0.15, 0.2) is 42.6 Å². The standard InChI is InChI=1S/C16H14N2O2/c1-12-7-8-13(5-4-10-19)14(11-12)16(20)18-15-6-2-3-9-17-15/h2-3,6-9,11,19H,10H2,1H3,(H,17,18,20). The summed E-state index contributed by atoms with van der Waals surface area (Å²) in [6.07, 6.45) is 1.61. The van der Waals surface area contributed by atoms with Crippen LogP contribution in [0.1, 0.15) is 21.5 Å². The molecule has 2 N–H and O–H groups in total. The molecule has 0 saturated heterocycles. The molecule has 0 atom stereocenters. The summed E-state index contributed by atoms with van der Waals surface area (Å²) >= 11 is 0. The third-order valence-corrected chi connectivity index (χ3v) is 2.63. The average Bonchev–Trinajstić information content (AvgIpc) is 2.47. The molecule has 0 bridgehead atoms. The summed E-state index contributed by atoms with van der Waals surface area (Å²) in [5, 5.41) is 11.5. The molecule has 0 aliphatic heterocycles. The summed E-state index contributed by atoms with van der Waals surface area (Å²) in [7, 11) is 0. The predicted octanol–water partition coefficient (Wildman–Crippen LogP) is 1.99. The highest BCUT2D eigenvalue weighted by Gasteiger charge is 2.11. The van der Waals surface area contributed by atoms with Gasteiger partial charge in [0, 0.05) is 11.8 Å². The number of carbonyl (C=O) groups excluding carboxylic acids is 1. The van der Waals surface area contributed by atoms with E-state index in [1.807, 2.05) is 13.0 Å². The summed E-state index contributed by atoms with van der Waals surface area (Å²) in [6.45, 7) is 1.66. The number of hydrogen-bond acceptors (Lipinski definition) is 3. The average molecular weight is 266 g/mol. The minimum atomic E-state index is -0.269. The minimum absolute atomic E-state index is 0.241. The summed E-state index contributed by atoms with van der Waals surface area (Å²) in [6, 6.07) is 10.7. The van der Waals surface area contributed by atoms with Gasteiger partial charge in [-0.1, -0.05) is 29.5 Å². The van der Waals surface area contributed by atoms with E-state index in [0.717, 1.165) is 5.56 Å². The topological polar surface area (TPSA) is 62.2 Å². The summed E-state index contributed by atoms with van der Waals surface area (Å²) in [4.78, 5) is 16.3. The zero-order valence-electron chi connectivity index (χ0n) is 11.1. The molecule has 0 saturated carbocycles. The molecular formula is C16H14N2O2. The number of aliphatic hydroxyl groups excluding tert-OH is 1. The van der Waals surface area contributed by atoms with Crippen LogP contribution in [0.4, 0.5) is 5.82 Å². The highest BCUT2D eigenvalue weighted by Crippen LogP contribution is 2.13. The molecular weight excluding hydrogens is 252 g/mol. The number of amides is 1. The fourth-order valence-corrected chi connectivity index (χ4v) is 1.71. The Labute approximate surface area is 117 Å². The van der Waals surface area contributed by atoms with Gasteiger partial charge in [-0.3, -0.25) is 4.79 Å². The molecule has 1 heterocycles. The third kappa shape index (κ3) is 3.44. The summed E-state index contributed by atoms with van der Waals surface area (Å²) < 4.78 is 0. The number of nitrogens with zero attached hydrogens (tertiary/aromatic N) is 1. The van der Waals surface area contributed by atoms with Crippen molar-refractivity contribution in [1.82, 2.24) is 4.98 Å². The molecule has 0 unspecified atom stereocenters. The lowest BCUT2D eigenvalue weighted by atomic mass is 10.0. The van der Waals surface area contributed by atoms with Crippen LogP contribution in [0, 0.1) is 18.8 Å². The third-order valence-electron chi connectivity index (χ3n) is 2.63. The number of aryl methyl sites for hydroxylation is 1. The second kappa shape index (κ2) is 6.50. The smallest absolute Gasteiger partial charge is 0.258 e. The Kier molecular flexibility index (Phi) is 4.48. The summed E-state index contributed by atoms with van der Waals surface area (Å²) in [5.41, 5.74) is 2.01. The minimum Gasteiger partial charge on any atom is -0.384 e. The lowest BCUT2D eigenvalue weighted by molar-refractivity contribution is 0.102. The predicted molar refractivity (Wildman–Crippen MR) is 77.3 cm³/mol. The van der Waals surface area contributed by atoms with Gasteiger partial charge < -0.3 is 10.4 Å². The molecule has 2 aromatic rings. The fraction of sp³-hybridized carbons (Fsp3) is 0.125. The van der Waals surface area contributed by atoms with Crippen LogP contribution in [0.25, 0.3) is 0 Å². The van der Waals surface area contributed by atoms with Crippen LogP contribution >= 0.6 is 0 Å². The first-order valence-electron chi connectivity index (χ1n) is 6.13. The van der Waals surface area contributed by atoms with Crippen LogP contribution < -0.4 is 5.32 Å². The molecule has 20 heavy (non-hydrogen) atoms. The second-order valence-corrected chi connectivity index (χ2v) is 4.18. The Morgan fingerprint density at radius 1 is 1.35 bits per heavy atom. The van der Waals surface area contributed by atoms with E-state index in [0.29, 0.717) is 16.9 Å². The van der Waals surface area contributed by atoms with Crippen molar-refractivity contribution in [2.75, 3.05) is 11.9 Å². The molecule has 0 aliphatic carbocycles. The number of anilines is 1. The van der Waals surface area contributed by atoms with Crippen molar-refractivity contribution in [2.24, 2.45) is 0 Å². The quantitative estimate of drug-likeness (QED) is 0.817. The van der Waals surface area contributed by atoms with E-state index in [1.165, 1.54) is 0 Å². The maximum absolute atomic E-state index is 12.3. The summed E-state index contributed by atoms with van der Waals surface area (Å²) in [5.74, 6) is 5.55. The van der Waals surface area contributed by atoms with Gasteiger partial charge in [0.1, 0.15) is 12.4 Å². The van der Waals surface area contributed by atoms with Crippen LogP contribution in [0.5, 0.6) is 0 Å². The number of carbonyl (C=O) groups is 1. The van der Waals surface area contributed by atoms with E-state index in [4.69, 9.17) is 5.11 Å². The van der Waals surface area contributed by atoms with Crippen molar-refractivity contribution < 1.29 is 9.90 Å². The number of nitrogens with one attached hydrogen (secondary N) is 1. The molecule has 4 nitrogen and oxygen atoms in total. The zero-order valence-corrected chi connectivity index (χ0v) is 11.1. The van der Waals surface area contributed by atoms with Crippen molar-refractivity contribution in [2.45, 2.75) is 6.92 Å². The number of pyridine rings is 1. The Morgan fingerprint density at radius 3 is 2.90 bits per heavy atom. The van der Waals surface area contributed by atoms with Crippen molar-refractivity contribution in [3.05, 3.63) is 59.3 Å². The number of rotatable bonds is 2. The van der Waals surface area contributed by atoms with Gasteiger partial charge in [-0.2, -0.15) is 0 Å². The van der Waals surface area contributed by atoms with E-state index in [1.54, 1.807) is 36.5 Å². The van der Waals surface area contributed by atoms with Crippen LogP contribution in [0.3, 0.4) is 0 Å². The van der Waals surface area contributed by atoms with Gasteiger partial charge in [0.25, 0.3) is 5.91 Å². The number of aromatic nitrogens is 1. The van der Waals surface area contributed by atoms with Crippen molar-refractivity contribution in [3.63, 3.8) is 0 Å². The maximum atomic E-state index is 12.3. The Balaban J connectivity index is 2.31. The second-order valence-electron chi connectivity index (χ2n) is 4.18. The lowest BCUT2D eigenvalue weighted by Gasteiger charge is -2.07. The fourth-order valence-electron chi connectivity index (χ4n) is 1.71. The highest BCUT2D eigenvalue weighted by molar-refractivity contribution is 6.05. The Morgan fingerprint density at radius 2 is 2.20 bits per heavy atom. The van der Waals surface area contributed by atoms with Gasteiger partial charge in [0.05, 0.1) is 5.56 Å². The first kappa shape index (κ1) is 13.8. The molecule has 0 fully saturated rings. The lowest BCUT2D eigenvalue weighted by Crippen LogP contribution is -2.14. The van der Waals surface area contributed by atoms with E-state index in [-0.39, 0.29) is 12.5 Å². The van der Waals surface area contributed by atoms with Gasteiger partial charge in [-0.25, -0.2) is 4.98 Å². The molecule has 2 rings (SSSR count). The monoisotopic (exact) mass is 266 g/mol. The number of hydrogen-bond donors (Lipinski definition) is 2.